The maximum atomic E-state index is 13.4. The second-order valence-electron chi connectivity index (χ2n) is 7.79. The number of amides is 2. The fourth-order valence-corrected chi connectivity index (χ4v) is 3.90. The van der Waals surface area contributed by atoms with Crippen molar-refractivity contribution in [3.05, 3.63) is 89.4 Å². The molecule has 1 aromatic heterocycles. The normalized spacial score (nSPS) is 15.6. The Hall–Kier alpha value is -3.75. The number of hydrogen-bond donors (Lipinski definition) is 0. The molecule has 2 heterocycles. The van der Waals surface area contributed by atoms with Crippen LogP contribution >= 0.6 is 0 Å². The van der Waals surface area contributed by atoms with Crippen LogP contribution < -0.4 is 4.74 Å². The number of nitrogens with zero attached hydrogens (tertiary/aromatic N) is 2. The maximum Gasteiger partial charge on any atom is 0.573 e. The van der Waals surface area contributed by atoms with E-state index in [-0.39, 0.29) is 36.4 Å². The molecule has 3 aromatic rings. The SMILES string of the molecule is CN(Cc1ccc(OC(F)(F)F)cc1)C(=O)C1Cc2ccccc2CN1C(=O)c1ccco1. The molecular weight excluding hydrogens is 437 g/mol. The second-order valence-corrected chi connectivity index (χ2v) is 7.79. The molecule has 4 rings (SSSR count). The van der Waals surface area contributed by atoms with Gasteiger partial charge >= 0.3 is 6.36 Å². The Balaban J connectivity index is 1.52. The summed E-state index contributed by atoms with van der Waals surface area (Å²) in [5.41, 5.74) is 2.58. The molecule has 1 aliphatic heterocycles. The number of alkyl halides is 3. The van der Waals surface area contributed by atoms with Gasteiger partial charge < -0.3 is 19.0 Å². The van der Waals surface area contributed by atoms with E-state index in [9.17, 15) is 22.8 Å². The lowest BCUT2D eigenvalue weighted by atomic mass is 9.93. The van der Waals surface area contributed by atoms with Gasteiger partial charge in [-0.2, -0.15) is 0 Å². The molecule has 172 valence electrons. The Bertz CT molecular complexity index is 1130. The molecular formula is C24H21F3N2O4. The summed E-state index contributed by atoms with van der Waals surface area (Å²) in [5.74, 6) is -0.843. The van der Waals surface area contributed by atoms with Crippen molar-refractivity contribution in [3.63, 3.8) is 0 Å². The molecule has 2 aromatic carbocycles. The van der Waals surface area contributed by atoms with Gasteiger partial charge in [0.15, 0.2) is 5.76 Å². The summed E-state index contributed by atoms with van der Waals surface area (Å²) in [7, 11) is 1.60. The van der Waals surface area contributed by atoms with Crippen molar-refractivity contribution < 1.29 is 31.9 Å². The van der Waals surface area contributed by atoms with Gasteiger partial charge in [-0.25, -0.2) is 0 Å². The lowest BCUT2D eigenvalue weighted by molar-refractivity contribution is -0.274. The van der Waals surface area contributed by atoms with Crippen LogP contribution in [-0.4, -0.2) is 41.1 Å². The van der Waals surface area contributed by atoms with Gasteiger partial charge in [0.2, 0.25) is 5.91 Å². The number of likely N-dealkylation sites (N-methyl/N-ethyl adjacent to an activating group) is 1. The van der Waals surface area contributed by atoms with Crippen molar-refractivity contribution in [1.29, 1.82) is 0 Å². The van der Waals surface area contributed by atoms with Crippen molar-refractivity contribution in [2.75, 3.05) is 7.05 Å². The molecule has 0 spiro atoms. The summed E-state index contributed by atoms with van der Waals surface area (Å²) in [6, 6.07) is 15.4. The van der Waals surface area contributed by atoms with Crippen LogP contribution in [0.5, 0.6) is 5.75 Å². The summed E-state index contributed by atoms with van der Waals surface area (Å²) in [5, 5.41) is 0. The van der Waals surface area contributed by atoms with E-state index in [0.717, 1.165) is 11.1 Å². The quantitative estimate of drug-likeness (QED) is 0.569. The molecule has 9 heteroatoms. The molecule has 0 bridgehead atoms. The first-order valence-corrected chi connectivity index (χ1v) is 10.2. The molecule has 1 aliphatic rings. The van der Waals surface area contributed by atoms with Gasteiger partial charge in [0.05, 0.1) is 6.26 Å². The number of carbonyl (C=O) groups excluding carboxylic acids is 2. The Kier molecular flexibility index (Phi) is 6.13. The molecule has 1 unspecified atom stereocenters. The summed E-state index contributed by atoms with van der Waals surface area (Å²) in [6.07, 6.45) is -3.01. The Morgan fingerprint density at radius 2 is 1.76 bits per heavy atom. The smallest absolute Gasteiger partial charge is 0.459 e. The van der Waals surface area contributed by atoms with E-state index in [1.165, 1.54) is 40.3 Å². The number of ether oxygens (including phenoxy) is 1. The first-order valence-electron chi connectivity index (χ1n) is 10.2. The van der Waals surface area contributed by atoms with Gasteiger partial charge in [0, 0.05) is 26.6 Å². The number of furan rings is 1. The van der Waals surface area contributed by atoms with Crippen LogP contribution in [0.2, 0.25) is 0 Å². The zero-order valence-electron chi connectivity index (χ0n) is 17.7. The van der Waals surface area contributed by atoms with Gasteiger partial charge in [-0.3, -0.25) is 9.59 Å². The third kappa shape index (κ3) is 5.19. The zero-order chi connectivity index (χ0) is 23.6. The standard InChI is InChI=1S/C24H21F3N2O4/c1-28(14-16-8-10-19(11-9-16)33-24(25,26)27)22(30)20-13-17-5-2-3-6-18(17)15-29(20)23(31)21-7-4-12-32-21/h2-12,20H,13-15H2,1H3. The molecule has 0 aliphatic carbocycles. The lowest BCUT2D eigenvalue weighted by Gasteiger charge is -2.37. The van der Waals surface area contributed by atoms with Gasteiger partial charge in [0.25, 0.3) is 5.91 Å². The van der Waals surface area contributed by atoms with E-state index in [0.29, 0.717) is 12.0 Å². The van der Waals surface area contributed by atoms with Gasteiger partial charge in [-0.15, -0.1) is 13.2 Å². The van der Waals surface area contributed by atoms with E-state index in [4.69, 9.17) is 4.42 Å². The summed E-state index contributed by atoms with van der Waals surface area (Å²) in [6.45, 7) is 0.426. The van der Waals surface area contributed by atoms with Crippen molar-refractivity contribution in [2.24, 2.45) is 0 Å². The predicted molar refractivity (Wildman–Crippen MR) is 112 cm³/mol. The number of hydrogen-bond acceptors (Lipinski definition) is 4. The van der Waals surface area contributed by atoms with Gasteiger partial charge in [-0.1, -0.05) is 36.4 Å². The molecule has 0 saturated carbocycles. The Morgan fingerprint density at radius 1 is 1.06 bits per heavy atom. The van der Waals surface area contributed by atoms with Crippen molar-refractivity contribution >= 4 is 11.8 Å². The van der Waals surface area contributed by atoms with Crippen LogP contribution in [0.15, 0.2) is 71.3 Å². The molecule has 0 radical (unpaired) electrons. The van der Waals surface area contributed by atoms with Gasteiger partial charge in [-0.05, 0) is 41.0 Å². The number of carbonyl (C=O) groups is 2. The molecule has 2 amide bonds. The monoisotopic (exact) mass is 458 g/mol. The average Bonchev–Trinajstić information content (AvgIpc) is 3.32. The van der Waals surface area contributed by atoms with Crippen LogP contribution in [-0.2, 0) is 24.3 Å². The highest BCUT2D eigenvalue weighted by atomic mass is 19.4. The van der Waals surface area contributed by atoms with Crippen molar-refractivity contribution in [3.8, 4) is 5.75 Å². The first-order chi connectivity index (χ1) is 15.7. The highest BCUT2D eigenvalue weighted by Gasteiger charge is 2.37. The molecule has 0 saturated heterocycles. The zero-order valence-corrected chi connectivity index (χ0v) is 17.7. The topological polar surface area (TPSA) is 63.0 Å². The fraction of sp³-hybridized carbons (Fsp3) is 0.250. The number of halogens is 3. The third-order valence-electron chi connectivity index (χ3n) is 5.48. The third-order valence-corrected chi connectivity index (χ3v) is 5.48. The van der Waals surface area contributed by atoms with E-state index in [1.807, 2.05) is 24.3 Å². The molecule has 33 heavy (non-hydrogen) atoms. The Morgan fingerprint density at radius 3 is 2.39 bits per heavy atom. The summed E-state index contributed by atoms with van der Waals surface area (Å²) >= 11 is 0. The van der Waals surface area contributed by atoms with E-state index < -0.39 is 12.4 Å². The minimum atomic E-state index is -4.77. The van der Waals surface area contributed by atoms with E-state index in [2.05, 4.69) is 4.74 Å². The predicted octanol–water partition coefficient (Wildman–Crippen LogP) is 4.40. The molecule has 1 atom stereocenters. The Labute approximate surface area is 188 Å². The van der Waals surface area contributed by atoms with E-state index >= 15 is 0 Å². The van der Waals surface area contributed by atoms with Crippen LogP contribution in [0.4, 0.5) is 13.2 Å². The lowest BCUT2D eigenvalue weighted by Crippen LogP contribution is -2.52. The maximum absolute atomic E-state index is 13.4. The number of rotatable bonds is 5. The highest BCUT2D eigenvalue weighted by Crippen LogP contribution is 2.27. The molecule has 0 N–H and O–H groups in total. The summed E-state index contributed by atoms with van der Waals surface area (Å²) < 4.78 is 46.2. The second kappa shape index (κ2) is 9.01. The van der Waals surface area contributed by atoms with Crippen molar-refractivity contribution in [1.82, 2.24) is 9.80 Å². The molecule has 0 fully saturated rings. The fourth-order valence-electron chi connectivity index (χ4n) is 3.90. The number of fused-ring (bicyclic) bond motifs is 1. The molecule has 6 nitrogen and oxygen atoms in total. The highest BCUT2D eigenvalue weighted by molar-refractivity contribution is 5.96. The van der Waals surface area contributed by atoms with E-state index in [1.54, 1.807) is 19.2 Å². The van der Waals surface area contributed by atoms with Crippen LogP contribution in [0.3, 0.4) is 0 Å². The van der Waals surface area contributed by atoms with Crippen LogP contribution in [0, 0.1) is 0 Å². The largest absolute Gasteiger partial charge is 0.573 e. The minimum absolute atomic E-state index is 0.148. The average molecular weight is 458 g/mol. The number of benzene rings is 2. The van der Waals surface area contributed by atoms with Crippen molar-refractivity contribution in [2.45, 2.75) is 31.9 Å². The summed E-state index contributed by atoms with van der Waals surface area (Å²) in [4.78, 5) is 29.4. The first kappa shape index (κ1) is 22.4. The minimum Gasteiger partial charge on any atom is -0.459 e. The van der Waals surface area contributed by atoms with Crippen LogP contribution in [0.25, 0.3) is 0 Å². The van der Waals surface area contributed by atoms with Crippen LogP contribution in [0.1, 0.15) is 27.2 Å². The van der Waals surface area contributed by atoms with Gasteiger partial charge in [0.1, 0.15) is 11.8 Å².